The number of carbonyl (C=O) groups is 3. The van der Waals surface area contributed by atoms with Crippen LogP contribution in [0.2, 0.25) is 0 Å². The summed E-state index contributed by atoms with van der Waals surface area (Å²) < 4.78 is 32.6. The van der Waals surface area contributed by atoms with E-state index in [0.29, 0.717) is 32.1 Å². The molecule has 12 nitrogen and oxygen atoms in total. The number of unbranched alkanes of at least 4 members (excludes halogenated alkanes) is 10. The number of nitrogens with two attached hydrogens (primary N) is 1. The second kappa shape index (κ2) is 41.7. The van der Waals surface area contributed by atoms with Gasteiger partial charge >= 0.3 is 25.7 Å². The van der Waals surface area contributed by atoms with Crippen molar-refractivity contribution in [2.75, 3.05) is 19.8 Å². The van der Waals surface area contributed by atoms with E-state index >= 15 is 0 Å². The normalized spacial score (nSPS) is 15.1. The van der Waals surface area contributed by atoms with Gasteiger partial charge in [0.05, 0.1) is 19.3 Å². The van der Waals surface area contributed by atoms with Gasteiger partial charge in [0.2, 0.25) is 0 Å². The summed E-state index contributed by atoms with van der Waals surface area (Å²) in [6, 6.07) is -1.55. The van der Waals surface area contributed by atoms with E-state index in [1.54, 1.807) is 6.08 Å². The van der Waals surface area contributed by atoms with E-state index in [2.05, 4.69) is 73.1 Å². The van der Waals surface area contributed by atoms with Gasteiger partial charge < -0.3 is 30.3 Å². The van der Waals surface area contributed by atoms with E-state index in [4.69, 9.17) is 24.8 Å². The lowest BCUT2D eigenvalue weighted by Crippen LogP contribution is -2.34. The number of aliphatic hydroxyl groups excluding tert-OH is 1. The minimum absolute atomic E-state index is 0.0931. The lowest BCUT2D eigenvalue weighted by atomic mass is 10.1. The van der Waals surface area contributed by atoms with E-state index in [-0.39, 0.29) is 12.8 Å². The molecule has 0 spiro atoms. The van der Waals surface area contributed by atoms with Crippen LogP contribution in [0.25, 0.3) is 0 Å². The smallest absolute Gasteiger partial charge is 0.472 e. The minimum atomic E-state index is -4.76. The molecule has 0 radical (unpaired) electrons. The van der Waals surface area contributed by atoms with Gasteiger partial charge in [0.15, 0.2) is 6.10 Å². The Morgan fingerprint density at radius 3 is 1.66 bits per heavy atom. The van der Waals surface area contributed by atoms with Crippen molar-refractivity contribution in [3.8, 4) is 0 Å². The van der Waals surface area contributed by atoms with Crippen LogP contribution in [0.1, 0.15) is 149 Å². The molecule has 0 aliphatic rings. The predicted octanol–water partition coefficient (Wildman–Crippen LogP) is 11.0. The van der Waals surface area contributed by atoms with E-state index in [1.807, 2.05) is 36.5 Å². The quantitative estimate of drug-likeness (QED) is 0.0150. The number of carboxylic acids is 1. The zero-order chi connectivity index (χ0) is 45.1. The molecule has 0 saturated heterocycles. The molecule has 0 aliphatic heterocycles. The molecule has 0 aliphatic carbocycles. The number of phosphoric ester groups is 1. The Morgan fingerprint density at radius 1 is 0.590 bits per heavy atom. The third kappa shape index (κ3) is 41.5. The summed E-state index contributed by atoms with van der Waals surface area (Å²) in [7, 11) is -4.76. The molecule has 0 saturated carbocycles. The van der Waals surface area contributed by atoms with Crippen LogP contribution in [0.3, 0.4) is 0 Å². The number of esters is 2. The van der Waals surface area contributed by atoms with Crippen molar-refractivity contribution in [3.05, 3.63) is 97.2 Å². The Hall–Kier alpha value is -3.64. The summed E-state index contributed by atoms with van der Waals surface area (Å²) in [5.74, 6) is -2.55. The number of ether oxygens (including phenoxy) is 2. The molecule has 0 fully saturated rings. The van der Waals surface area contributed by atoms with Crippen LogP contribution in [0.5, 0.6) is 0 Å². The fourth-order valence-corrected chi connectivity index (χ4v) is 6.07. The summed E-state index contributed by atoms with van der Waals surface area (Å²) >= 11 is 0. The Morgan fingerprint density at radius 2 is 1.08 bits per heavy atom. The standard InChI is InChI=1S/C48H78NO11P/c1-3-5-7-9-11-12-13-14-15-16-17-18-19-20-21-22-26-31-35-39-47(52)60-44(41-58-61(55,56)59-42-45(49)48(53)54)40-57-46(51)38-34-30-27-23-25-29-33-37-43(50)36-32-28-24-10-8-6-4-2/h11-12,14-15,17-18,20-21,23-24,27-29,32-33,36,43-45,50H,3-10,13,16,19,22,25-26,30-31,34-35,37-42,49H2,1-2H3,(H,53,54)(H,55,56)/b12-11-,15-14-,18-17-,21-20-,27-23+,28-24-,33-29-,36-32-/t43-,44-,45+/m1/s1. The van der Waals surface area contributed by atoms with Crippen LogP contribution < -0.4 is 5.73 Å². The summed E-state index contributed by atoms with van der Waals surface area (Å²) in [6.07, 6.45) is 49.3. The van der Waals surface area contributed by atoms with Gasteiger partial charge in [-0.3, -0.25) is 23.4 Å². The van der Waals surface area contributed by atoms with Gasteiger partial charge in [0.25, 0.3) is 0 Å². The summed E-state index contributed by atoms with van der Waals surface area (Å²) in [6.45, 7) is 2.55. The molecular formula is C48H78NO11P. The molecule has 1 unspecified atom stereocenters. The highest BCUT2D eigenvalue weighted by Crippen LogP contribution is 2.43. The zero-order valence-electron chi connectivity index (χ0n) is 37.1. The second-order valence-corrected chi connectivity index (χ2v) is 16.1. The van der Waals surface area contributed by atoms with Crippen LogP contribution >= 0.6 is 7.82 Å². The van der Waals surface area contributed by atoms with E-state index in [1.165, 1.54) is 38.5 Å². The van der Waals surface area contributed by atoms with Crippen LogP contribution in [0, 0.1) is 0 Å². The molecule has 0 aromatic heterocycles. The number of phosphoric acid groups is 1. The fraction of sp³-hybridized carbons (Fsp3) is 0.604. The lowest BCUT2D eigenvalue weighted by Gasteiger charge is -2.20. The van der Waals surface area contributed by atoms with Crippen molar-refractivity contribution in [2.24, 2.45) is 5.73 Å². The first-order valence-corrected chi connectivity index (χ1v) is 23.9. The molecular weight excluding hydrogens is 797 g/mol. The first kappa shape index (κ1) is 57.4. The molecule has 0 aromatic carbocycles. The third-order valence-electron chi connectivity index (χ3n) is 8.89. The topological polar surface area (TPSA) is 192 Å². The zero-order valence-corrected chi connectivity index (χ0v) is 38.0. The molecule has 4 atom stereocenters. The highest BCUT2D eigenvalue weighted by atomic mass is 31.2. The van der Waals surface area contributed by atoms with Crippen LogP contribution in [-0.4, -0.2) is 71.1 Å². The number of carboxylic acid groups (broad SMARTS) is 1. The van der Waals surface area contributed by atoms with Gasteiger partial charge in [-0.1, -0.05) is 143 Å². The molecule has 346 valence electrons. The summed E-state index contributed by atoms with van der Waals surface area (Å²) in [5, 5.41) is 19.0. The van der Waals surface area contributed by atoms with Crippen molar-refractivity contribution >= 4 is 25.7 Å². The average molecular weight is 876 g/mol. The summed E-state index contributed by atoms with van der Waals surface area (Å²) in [5.41, 5.74) is 5.33. The van der Waals surface area contributed by atoms with Crippen molar-refractivity contribution in [2.45, 2.75) is 167 Å². The monoisotopic (exact) mass is 876 g/mol. The Kier molecular flexibility index (Phi) is 39.2. The van der Waals surface area contributed by atoms with Gasteiger partial charge in [-0.15, -0.1) is 0 Å². The predicted molar refractivity (Wildman–Crippen MR) is 246 cm³/mol. The highest BCUT2D eigenvalue weighted by molar-refractivity contribution is 7.47. The SMILES string of the molecule is CCCCC/C=C\C=C/[C@@H](O)C/C=C\C/C=C/CCCC(=O)OC[C@H](COP(=O)(O)OC[C@H](N)C(=O)O)OC(=O)CCCCC/C=C\C/C=C\C/C=C\C/C=C\CCCCC. The first-order valence-electron chi connectivity index (χ1n) is 22.4. The van der Waals surface area contributed by atoms with Gasteiger partial charge in [-0.25, -0.2) is 4.57 Å². The maximum atomic E-state index is 12.6. The Bertz CT molecular complexity index is 1420. The number of aliphatic carboxylic acids is 1. The van der Waals surface area contributed by atoms with Gasteiger partial charge in [0.1, 0.15) is 12.6 Å². The molecule has 0 amide bonds. The van der Waals surface area contributed by atoms with E-state index in [9.17, 15) is 28.9 Å². The Labute approximate surface area is 367 Å². The number of carbonyl (C=O) groups excluding carboxylic acids is 2. The molecule has 5 N–H and O–H groups in total. The molecule has 13 heteroatoms. The Balaban J connectivity index is 4.58. The maximum absolute atomic E-state index is 12.6. The summed E-state index contributed by atoms with van der Waals surface area (Å²) in [4.78, 5) is 46.0. The van der Waals surface area contributed by atoms with Gasteiger partial charge in [-0.05, 0) is 89.9 Å². The van der Waals surface area contributed by atoms with Crippen LogP contribution in [-0.2, 0) is 37.5 Å². The lowest BCUT2D eigenvalue weighted by molar-refractivity contribution is -0.161. The van der Waals surface area contributed by atoms with Gasteiger partial charge in [-0.2, -0.15) is 0 Å². The number of rotatable bonds is 40. The third-order valence-corrected chi connectivity index (χ3v) is 9.84. The minimum Gasteiger partial charge on any atom is -0.480 e. The molecule has 0 bridgehead atoms. The number of allylic oxidation sites excluding steroid dienone is 14. The number of aliphatic hydroxyl groups is 1. The van der Waals surface area contributed by atoms with Crippen LogP contribution in [0.15, 0.2) is 97.2 Å². The molecule has 61 heavy (non-hydrogen) atoms. The van der Waals surface area contributed by atoms with Crippen molar-refractivity contribution in [1.82, 2.24) is 0 Å². The number of hydrogen-bond acceptors (Lipinski definition) is 10. The molecule has 0 heterocycles. The maximum Gasteiger partial charge on any atom is 0.472 e. The second-order valence-electron chi connectivity index (χ2n) is 14.7. The van der Waals surface area contributed by atoms with Crippen LogP contribution in [0.4, 0.5) is 0 Å². The van der Waals surface area contributed by atoms with E-state index < -0.39 is 63.8 Å². The fourth-order valence-electron chi connectivity index (χ4n) is 5.30. The molecule has 0 aromatic rings. The first-order chi connectivity index (χ1) is 29.5. The molecule has 0 rings (SSSR count). The van der Waals surface area contributed by atoms with Crippen molar-refractivity contribution in [3.63, 3.8) is 0 Å². The highest BCUT2D eigenvalue weighted by Gasteiger charge is 2.28. The van der Waals surface area contributed by atoms with Gasteiger partial charge in [0, 0.05) is 12.8 Å². The van der Waals surface area contributed by atoms with E-state index in [0.717, 1.165) is 51.4 Å². The number of hydrogen-bond donors (Lipinski definition) is 4. The average Bonchev–Trinajstić information content (AvgIpc) is 3.23. The largest absolute Gasteiger partial charge is 0.480 e. The van der Waals surface area contributed by atoms with Crippen molar-refractivity contribution < 1.29 is 52.6 Å². The van der Waals surface area contributed by atoms with Crippen molar-refractivity contribution in [1.29, 1.82) is 0 Å².